The highest BCUT2D eigenvalue weighted by Crippen LogP contribution is 2.23. The molecule has 28 heavy (non-hydrogen) atoms. The van der Waals surface area contributed by atoms with Crippen molar-refractivity contribution in [2.24, 2.45) is 7.05 Å². The summed E-state index contributed by atoms with van der Waals surface area (Å²) >= 11 is 0. The summed E-state index contributed by atoms with van der Waals surface area (Å²) in [6.07, 6.45) is 8.28. The van der Waals surface area contributed by atoms with Gasteiger partial charge in [0.2, 0.25) is 11.8 Å². The molecule has 0 radical (unpaired) electrons. The van der Waals surface area contributed by atoms with Gasteiger partial charge in [0.25, 0.3) is 0 Å². The van der Waals surface area contributed by atoms with Crippen molar-refractivity contribution in [1.82, 2.24) is 14.7 Å². The fourth-order valence-corrected chi connectivity index (χ4v) is 3.08. The zero-order chi connectivity index (χ0) is 21.2. The van der Waals surface area contributed by atoms with Crippen LogP contribution in [0.25, 0.3) is 0 Å². The van der Waals surface area contributed by atoms with Crippen LogP contribution in [0.5, 0.6) is 0 Å². The molecule has 1 aromatic heterocycles. The minimum Gasteiger partial charge on any atom is -0.333 e. The molecule has 160 valence electrons. The van der Waals surface area contributed by atoms with E-state index in [-0.39, 0.29) is 23.8 Å². The maximum atomic E-state index is 12.5. The van der Waals surface area contributed by atoms with Crippen molar-refractivity contribution < 1.29 is 9.59 Å². The number of hydrogen-bond donors (Lipinski definition) is 1. The van der Waals surface area contributed by atoms with Crippen molar-refractivity contribution in [3.05, 3.63) is 11.8 Å². The molecular weight excluding hydrogens is 352 g/mol. The molecule has 0 aliphatic rings. The molecule has 0 atom stereocenters. The highest BCUT2D eigenvalue weighted by atomic mass is 16.2. The molecule has 0 unspecified atom stereocenters. The van der Waals surface area contributed by atoms with Crippen LogP contribution >= 0.6 is 0 Å². The lowest BCUT2D eigenvalue weighted by Gasteiger charge is -2.21. The zero-order valence-electron chi connectivity index (χ0n) is 18.8. The lowest BCUT2D eigenvalue weighted by molar-refractivity contribution is -0.134. The molecule has 0 aliphatic carbocycles. The number of carbonyl (C=O) groups excluding carboxylic acids is 2. The number of aromatic nitrogens is 2. The average Bonchev–Trinajstić information content (AvgIpc) is 2.98. The molecule has 1 aromatic rings. The lowest BCUT2D eigenvalue weighted by atomic mass is 9.92. The number of nitrogens with zero attached hydrogens (tertiary/aromatic N) is 3. The van der Waals surface area contributed by atoms with E-state index in [4.69, 9.17) is 0 Å². The first-order chi connectivity index (χ1) is 13.2. The maximum Gasteiger partial charge on any atom is 0.245 e. The number of amides is 2. The van der Waals surface area contributed by atoms with E-state index in [1.165, 1.54) is 25.7 Å². The van der Waals surface area contributed by atoms with Crippen LogP contribution in [0.1, 0.15) is 91.7 Å². The first-order valence-corrected chi connectivity index (χ1v) is 10.8. The van der Waals surface area contributed by atoms with E-state index in [0.717, 1.165) is 25.0 Å². The second-order valence-electron chi connectivity index (χ2n) is 8.67. The van der Waals surface area contributed by atoms with Gasteiger partial charge in [0, 0.05) is 31.5 Å². The van der Waals surface area contributed by atoms with Gasteiger partial charge < -0.3 is 10.2 Å². The number of aryl methyl sites for hydroxylation is 1. The van der Waals surface area contributed by atoms with Gasteiger partial charge in [-0.3, -0.25) is 14.3 Å². The number of rotatable bonds is 12. The standard InChI is InChI=1S/C22H40N4O2/c1-7-9-10-11-12-13-14-21(28)26(15-8-2)17-20(27)23-19-16-18(22(3,4)5)24-25(19)6/h16H,7-15,17H2,1-6H3,(H,23,27). The van der Waals surface area contributed by atoms with Crippen LogP contribution in [0, 0.1) is 0 Å². The Morgan fingerprint density at radius 1 is 1.07 bits per heavy atom. The SMILES string of the molecule is CCCCCCCCC(=O)N(CCC)CC(=O)Nc1cc(C(C)(C)C)nn1C. The van der Waals surface area contributed by atoms with E-state index in [0.29, 0.717) is 18.8 Å². The predicted octanol–water partition coefficient (Wildman–Crippen LogP) is 4.65. The molecule has 0 bridgehead atoms. The second kappa shape index (κ2) is 11.9. The largest absolute Gasteiger partial charge is 0.333 e. The zero-order valence-corrected chi connectivity index (χ0v) is 18.8. The Kier molecular flexibility index (Phi) is 10.3. The van der Waals surface area contributed by atoms with E-state index in [2.05, 4.69) is 38.1 Å². The lowest BCUT2D eigenvalue weighted by Crippen LogP contribution is -2.38. The smallest absolute Gasteiger partial charge is 0.245 e. The molecular formula is C22H40N4O2. The van der Waals surface area contributed by atoms with E-state index in [1.807, 2.05) is 20.0 Å². The Morgan fingerprint density at radius 3 is 2.29 bits per heavy atom. The van der Waals surface area contributed by atoms with Crippen molar-refractivity contribution in [3.8, 4) is 0 Å². The molecule has 0 saturated carbocycles. The molecule has 1 N–H and O–H groups in total. The van der Waals surface area contributed by atoms with Crippen LogP contribution in [-0.2, 0) is 22.1 Å². The Bertz CT molecular complexity index is 617. The number of hydrogen-bond acceptors (Lipinski definition) is 3. The molecule has 0 aliphatic heterocycles. The molecule has 6 nitrogen and oxygen atoms in total. The minimum atomic E-state index is -0.173. The topological polar surface area (TPSA) is 67.2 Å². The monoisotopic (exact) mass is 392 g/mol. The van der Waals surface area contributed by atoms with Crippen LogP contribution in [-0.4, -0.2) is 39.6 Å². The van der Waals surface area contributed by atoms with Crippen LogP contribution in [0.3, 0.4) is 0 Å². The molecule has 0 fully saturated rings. The predicted molar refractivity (Wildman–Crippen MR) is 115 cm³/mol. The summed E-state index contributed by atoms with van der Waals surface area (Å²) in [6.45, 7) is 11.2. The Morgan fingerprint density at radius 2 is 1.71 bits per heavy atom. The highest BCUT2D eigenvalue weighted by Gasteiger charge is 2.21. The van der Waals surface area contributed by atoms with E-state index >= 15 is 0 Å². The summed E-state index contributed by atoms with van der Waals surface area (Å²) in [5, 5.41) is 7.38. The molecule has 1 heterocycles. The molecule has 0 aromatic carbocycles. The third-order valence-corrected chi connectivity index (χ3v) is 4.84. The fourth-order valence-electron chi connectivity index (χ4n) is 3.08. The van der Waals surface area contributed by atoms with Gasteiger partial charge in [-0.2, -0.15) is 5.10 Å². The summed E-state index contributed by atoms with van der Waals surface area (Å²) in [5.41, 5.74) is 0.845. The van der Waals surface area contributed by atoms with Crippen LogP contribution in [0.4, 0.5) is 5.82 Å². The quantitative estimate of drug-likeness (QED) is 0.527. The Labute approximate surface area is 171 Å². The molecule has 1 rings (SSSR count). The second-order valence-corrected chi connectivity index (χ2v) is 8.67. The molecule has 0 saturated heterocycles. The van der Waals surface area contributed by atoms with Gasteiger partial charge in [0.15, 0.2) is 0 Å². The van der Waals surface area contributed by atoms with Gasteiger partial charge in [0.05, 0.1) is 12.2 Å². The van der Waals surface area contributed by atoms with Crippen molar-refractivity contribution in [2.75, 3.05) is 18.4 Å². The Balaban J connectivity index is 2.55. The van der Waals surface area contributed by atoms with Crippen LogP contribution < -0.4 is 5.32 Å². The van der Waals surface area contributed by atoms with Gasteiger partial charge in [-0.1, -0.05) is 66.7 Å². The van der Waals surface area contributed by atoms with Crippen molar-refractivity contribution >= 4 is 17.6 Å². The summed E-state index contributed by atoms with van der Waals surface area (Å²) in [4.78, 5) is 26.7. The highest BCUT2D eigenvalue weighted by molar-refractivity contribution is 5.94. The van der Waals surface area contributed by atoms with E-state index < -0.39 is 0 Å². The first kappa shape index (κ1) is 24.2. The first-order valence-electron chi connectivity index (χ1n) is 10.8. The number of nitrogens with one attached hydrogen (secondary N) is 1. The van der Waals surface area contributed by atoms with Crippen LogP contribution in [0.15, 0.2) is 6.07 Å². The van der Waals surface area contributed by atoms with Gasteiger partial charge >= 0.3 is 0 Å². The van der Waals surface area contributed by atoms with Gasteiger partial charge in [-0.25, -0.2) is 0 Å². The van der Waals surface area contributed by atoms with E-state index in [9.17, 15) is 9.59 Å². The third kappa shape index (κ3) is 8.44. The number of anilines is 1. The minimum absolute atomic E-state index is 0.0767. The van der Waals surface area contributed by atoms with Crippen molar-refractivity contribution in [3.63, 3.8) is 0 Å². The molecule has 0 spiro atoms. The normalized spacial score (nSPS) is 11.5. The summed E-state index contributed by atoms with van der Waals surface area (Å²) < 4.78 is 1.68. The summed E-state index contributed by atoms with van der Waals surface area (Å²) in [6, 6.07) is 1.90. The number of unbranched alkanes of at least 4 members (excludes halogenated alkanes) is 5. The van der Waals surface area contributed by atoms with Crippen molar-refractivity contribution in [2.45, 2.75) is 91.4 Å². The van der Waals surface area contributed by atoms with Crippen molar-refractivity contribution in [1.29, 1.82) is 0 Å². The molecule has 6 heteroatoms. The average molecular weight is 393 g/mol. The van der Waals surface area contributed by atoms with Gasteiger partial charge in [0.1, 0.15) is 5.82 Å². The Hall–Kier alpha value is -1.85. The fraction of sp³-hybridized carbons (Fsp3) is 0.773. The molecule has 2 amide bonds. The third-order valence-electron chi connectivity index (χ3n) is 4.84. The number of carbonyl (C=O) groups is 2. The maximum absolute atomic E-state index is 12.5. The summed E-state index contributed by atoms with van der Waals surface area (Å²) in [7, 11) is 1.82. The van der Waals surface area contributed by atoms with E-state index in [1.54, 1.807) is 9.58 Å². The van der Waals surface area contributed by atoms with Gasteiger partial charge in [-0.15, -0.1) is 0 Å². The van der Waals surface area contributed by atoms with Gasteiger partial charge in [-0.05, 0) is 12.8 Å². The van der Waals surface area contributed by atoms with Crippen LogP contribution in [0.2, 0.25) is 0 Å². The summed E-state index contributed by atoms with van der Waals surface area (Å²) in [5.74, 6) is 0.566.